The molecule has 1 aromatic heterocycles. The van der Waals surface area contributed by atoms with Gasteiger partial charge in [0.25, 0.3) is 0 Å². The summed E-state index contributed by atoms with van der Waals surface area (Å²) in [6.45, 7) is 9.93. The summed E-state index contributed by atoms with van der Waals surface area (Å²) in [4.78, 5) is 12.7. The third kappa shape index (κ3) is 1.70. The van der Waals surface area contributed by atoms with Gasteiger partial charge in [-0.2, -0.15) is 0 Å². The van der Waals surface area contributed by atoms with Crippen molar-refractivity contribution in [3.63, 3.8) is 0 Å². The maximum absolute atomic E-state index is 4.28. The summed E-state index contributed by atoms with van der Waals surface area (Å²) in [7, 11) is 0. The van der Waals surface area contributed by atoms with Crippen LogP contribution in [-0.4, -0.2) is 29.7 Å². The molecule has 0 N–H and O–H groups in total. The second-order valence-corrected chi connectivity index (χ2v) is 3.40. The van der Waals surface area contributed by atoms with Gasteiger partial charge in [0.15, 0.2) is 5.82 Å². The molecule has 0 unspecified atom stereocenters. The fourth-order valence-corrected chi connectivity index (χ4v) is 1.74. The fraction of sp³-hybridized carbons (Fsp3) is 0.273. The molecule has 0 spiro atoms. The van der Waals surface area contributed by atoms with Gasteiger partial charge in [0.05, 0.1) is 12.9 Å². The zero-order valence-corrected chi connectivity index (χ0v) is 8.63. The van der Waals surface area contributed by atoms with Crippen LogP contribution >= 0.6 is 0 Å². The molecule has 0 atom stereocenters. The molecule has 0 radical (unpaired) electrons. The molecule has 0 saturated carbocycles. The van der Waals surface area contributed by atoms with E-state index in [1.807, 2.05) is 18.3 Å². The molecule has 1 aromatic rings. The number of fused-ring (bicyclic) bond motifs is 1. The lowest BCUT2D eigenvalue weighted by atomic mass is 10.4. The van der Waals surface area contributed by atoms with Gasteiger partial charge in [0.1, 0.15) is 12.0 Å². The van der Waals surface area contributed by atoms with Gasteiger partial charge in [0.2, 0.25) is 0 Å². The highest BCUT2D eigenvalue weighted by atomic mass is 15.4. The molecule has 0 bridgehead atoms. The van der Waals surface area contributed by atoms with E-state index in [1.165, 1.54) is 0 Å². The lowest BCUT2D eigenvalue weighted by Crippen LogP contribution is -2.31. The second-order valence-electron chi connectivity index (χ2n) is 3.40. The molecule has 15 heavy (non-hydrogen) atoms. The molecule has 4 nitrogen and oxygen atoms in total. The predicted molar refractivity (Wildman–Crippen MR) is 62.0 cm³/mol. The number of anilines is 2. The first-order valence-corrected chi connectivity index (χ1v) is 4.88. The van der Waals surface area contributed by atoms with Gasteiger partial charge in [-0.15, -0.1) is 13.2 Å². The number of hydrogen-bond donors (Lipinski definition) is 0. The van der Waals surface area contributed by atoms with Gasteiger partial charge in [0, 0.05) is 13.1 Å². The molecule has 2 heterocycles. The number of rotatable bonds is 4. The maximum Gasteiger partial charge on any atom is 0.157 e. The maximum atomic E-state index is 4.28. The van der Waals surface area contributed by atoms with Crippen molar-refractivity contribution in [2.75, 3.05) is 29.6 Å². The summed E-state index contributed by atoms with van der Waals surface area (Å²) in [5.74, 6) is 0.978. The highest BCUT2D eigenvalue weighted by Gasteiger charge is 2.25. The summed E-state index contributed by atoms with van der Waals surface area (Å²) in [5.41, 5.74) is 1.07. The van der Waals surface area contributed by atoms with E-state index in [2.05, 4.69) is 32.9 Å². The monoisotopic (exact) mass is 202 g/mol. The van der Waals surface area contributed by atoms with Crippen molar-refractivity contribution in [3.8, 4) is 0 Å². The highest BCUT2D eigenvalue weighted by Crippen LogP contribution is 2.32. The SMILES string of the molecule is C=CCN1CN(CC=C)c2ncncc21. The van der Waals surface area contributed by atoms with Crippen LogP contribution in [0.5, 0.6) is 0 Å². The number of hydrogen-bond acceptors (Lipinski definition) is 4. The molecule has 0 aliphatic carbocycles. The van der Waals surface area contributed by atoms with Crippen molar-refractivity contribution in [2.45, 2.75) is 0 Å². The molecule has 78 valence electrons. The van der Waals surface area contributed by atoms with Crippen LogP contribution in [0.4, 0.5) is 11.5 Å². The molecular weight excluding hydrogens is 188 g/mol. The minimum Gasteiger partial charge on any atom is -0.346 e. The van der Waals surface area contributed by atoms with Gasteiger partial charge >= 0.3 is 0 Å². The minimum absolute atomic E-state index is 0.803. The minimum atomic E-state index is 0.803. The first-order chi connectivity index (χ1) is 7.36. The van der Waals surface area contributed by atoms with Crippen molar-refractivity contribution in [1.82, 2.24) is 9.97 Å². The molecule has 1 aliphatic heterocycles. The lowest BCUT2D eigenvalue weighted by Gasteiger charge is -2.18. The van der Waals surface area contributed by atoms with Crippen LogP contribution in [0, 0.1) is 0 Å². The Morgan fingerprint density at radius 1 is 1.27 bits per heavy atom. The lowest BCUT2D eigenvalue weighted by molar-refractivity contribution is 0.838. The van der Waals surface area contributed by atoms with Crippen molar-refractivity contribution < 1.29 is 0 Å². The van der Waals surface area contributed by atoms with Gasteiger partial charge in [-0.1, -0.05) is 12.2 Å². The number of aromatic nitrogens is 2. The van der Waals surface area contributed by atoms with Crippen LogP contribution in [0.25, 0.3) is 0 Å². The quantitative estimate of drug-likeness (QED) is 0.691. The standard InChI is InChI=1S/C11H14N4/c1-3-5-14-9-15(6-4-2)11-10(14)7-12-8-13-11/h3-4,7-8H,1-2,5-6,9H2. The average molecular weight is 202 g/mol. The van der Waals surface area contributed by atoms with E-state index in [4.69, 9.17) is 0 Å². The Balaban J connectivity index is 2.30. The van der Waals surface area contributed by atoms with Gasteiger partial charge in [-0.05, 0) is 0 Å². The van der Waals surface area contributed by atoms with Crippen LogP contribution in [0.15, 0.2) is 37.8 Å². The Labute approximate surface area is 89.6 Å². The summed E-state index contributed by atoms with van der Waals surface area (Å²) in [5, 5.41) is 0. The van der Waals surface area contributed by atoms with Crippen LogP contribution in [0.2, 0.25) is 0 Å². The Bertz CT molecular complexity index is 340. The summed E-state index contributed by atoms with van der Waals surface area (Å²) >= 11 is 0. The molecule has 0 saturated heterocycles. The molecule has 2 rings (SSSR count). The molecule has 0 aromatic carbocycles. The van der Waals surface area contributed by atoms with E-state index in [0.29, 0.717) is 0 Å². The second kappa shape index (κ2) is 4.13. The van der Waals surface area contributed by atoms with Crippen LogP contribution in [0.1, 0.15) is 0 Å². The topological polar surface area (TPSA) is 32.3 Å². The molecular formula is C11H14N4. The molecule has 1 aliphatic rings. The molecule has 4 heteroatoms. The zero-order chi connectivity index (χ0) is 10.7. The Morgan fingerprint density at radius 2 is 2.00 bits per heavy atom. The zero-order valence-electron chi connectivity index (χ0n) is 8.63. The van der Waals surface area contributed by atoms with Gasteiger partial charge in [-0.25, -0.2) is 9.97 Å². The predicted octanol–water partition coefficient (Wildman–Crippen LogP) is 1.43. The Morgan fingerprint density at radius 3 is 2.73 bits per heavy atom. The van der Waals surface area contributed by atoms with Crippen LogP contribution in [-0.2, 0) is 0 Å². The van der Waals surface area contributed by atoms with E-state index in [-0.39, 0.29) is 0 Å². The summed E-state index contributed by atoms with van der Waals surface area (Å²) in [6, 6.07) is 0. The van der Waals surface area contributed by atoms with E-state index < -0.39 is 0 Å². The van der Waals surface area contributed by atoms with Crippen molar-refractivity contribution in [3.05, 3.63) is 37.8 Å². The van der Waals surface area contributed by atoms with Gasteiger partial charge < -0.3 is 9.80 Å². The van der Waals surface area contributed by atoms with E-state index in [0.717, 1.165) is 31.3 Å². The van der Waals surface area contributed by atoms with E-state index >= 15 is 0 Å². The normalized spacial score (nSPS) is 13.9. The van der Waals surface area contributed by atoms with E-state index in [1.54, 1.807) is 6.33 Å². The molecule has 0 amide bonds. The average Bonchev–Trinajstić information content (AvgIpc) is 2.59. The Hall–Kier alpha value is -1.84. The Kier molecular flexibility index (Phi) is 2.67. The van der Waals surface area contributed by atoms with Crippen LogP contribution in [0.3, 0.4) is 0 Å². The highest BCUT2D eigenvalue weighted by molar-refractivity contribution is 5.71. The third-order valence-corrected chi connectivity index (χ3v) is 2.35. The largest absolute Gasteiger partial charge is 0.346 e. The fourth-order valence-electron chi connectivity index (χ4n) is 1.74. The smallest absolute Gasteiger partial charge is 0.157 e. The van der Waals surface area contributed by atoms with Gasteiger partial charge in [-0.3, -0.25) is 0 Å². The van der Waals surface area contributed by atoms with Crippen molar-refractivity contribution in [1.29, 1.82) is 0 Å². The van der Waals surface area contributed by atoms with E-state index in [9.17, 15) is 0 Å². The molecule has 0 fully saturated rings. The third-order valence-electron chi connectivity index (χ3n) is 2.35. The van der Waals surface area contributed by atoms with Crippen molar-refractivity contribution >= 4 is 11.5 Å². The number of nitrogens with zero attached hydrogens (tertiary/aromatic N) is 4. The first kappa shape index (κ1) is 9.71. The summed E-state index contributed by atoms with van der Waals surface area (Å²) in [6.07, 6.45) is 7.18. The first-order valence-electron chi connectivity index (χ1n) is 4.88. The summed E-state index contributed by atoms with van der Waals surface area (Å²) < 4.78 is 0. The van der Waals surface area contributed by atoms with Crippen molar-refractivity contribution in [2.24, 2.45) is 0 Å². The van der Waals surface area contributed by atoms with Crippen LogP contribution < -0.4 is 9.80 Å².